The Hall–Kier alpha value is -1.72. The lowest BCUT2D eigenvalue weighted by atomic mass is 9.86. The number of halogens is 1. The lowest BCUT2D eigenvalue weighted by Crippen LogP contribution is -2.40. The topological polar surface area (TPSA) is 41.1 Å². The van der Waals surface area contributed by atoms with E-state index in [9.17, 15) is 4.79 Å². The number of benzene rings is 2. The molecule has 1 amide bonds. The summed E-state index contributed by atoms with van der Waals surface area (Å²) in [6.07, 6.45) is 0. The van der Waals surface area contributed by atoms with Crippen LogP contribution in [0.1, 0.15) is 55.2 Å². The van der Waals surface area contributed by atoms with Crippen LogP contribution in [-0.4, -0.2) is 11.0 Å². The quantitative estimate of drug-likeness (QED) is 0.680. The third-order valence-electron chi connectivity index (χ3n) is 3.91. The first kappa shape index (κ1) is 19.6. The highest BCUT2D eigenvalue weighted by atomic mass is 79.9. The monoisotopic (exact) mass is 418 g/mol. The summed E-state index contributed by atoms with van der Waals surface area (Å²) in [5, 5.41) is 6.19. The number of thiocarbonyl (C=S) groups is 1. The normalized spacial score (nSPS) is 12.4. The molecule has 132 valence electrons. The van der Waals surface area contributed by atoms with Crippen molar-refractivity contribution < 1.29 is 4.79 Å². The Bertz CT molecular complexity index is 769. The molecule has 2 aromatic carbocycles. The maximum atomic E-state index is 12.4. The van der Waals surface area contributed by atoms with Gasteiger partial charge >= 0.3 is 0 Å². The molecule has 1 unspecified atom stereocenters. The fourth-order valence-corrected chi connectivity index (χ4v) is 3.74. The van der Waals surface area contributed by atoms with E-state index in [0.717, 1.165) is 15.6 Å². The van der Waals surface area contributed by atoms with Crippen LogP contribution in [0.15, 0.2) is 53.0 Å². The van der Waals surface area contributed by atoms with Gasteiger partial charge in [-0.05, 0) is 47.8 Å². The van der Waals surface area contributed by atoms with Crippen LogP contribution in [0.2, 0.25) is 0 Å². The van der Waals surface area contributed by atoms with Gasteiger partial charge in [0.25, 0.3) is 5.91 Å². The minimum absolute atomic E-state index is 0.00973. The predicted molar refractivity (Wildman–Crippen MR) is 111 cm³/mol. The highest BCUT2D eigenvalue weighted by Crippen LogP contribution is 2.30. The SMILES string of the molecule is CC(NC(=S)NC(=O)c1ccc(C(C)(C)C)c(Br)c1)c1ccccc1. The molecular formula is C20H23BrN2OS. The van der Waals surface area contributed by atoms with Crippen molar-refractivity contribution in [2.75, 3.05) is 0 Å². The lowest BCUT2D eigenvalue weighted by molar-refractivity contribution is 0.0976. The number of rotatable bonds is 3. The molecule has 0 fully saturated rings. The number of hydrogen-bond acceptors (Lipinski definition) is 2. The van der Waals surface area contributed by atoms with E-state index in [1.165, 1.54) is 0 Å². The Balaban J connectivity index is 2.02. The molecule has 2 aromatic rings. The zero-order valence-corrected chi connectivity index (χ0v) is 17.3. The van der Waals surface area contributed by atoms with E-state index >= 15 is 0 Å². The van der Waals surface area contributed by atoms with Crippen molar-refractivity contribution in [3.05, 3.63) is 69.7 Å². The van der Waals surface area contributed by atoms with Gasteiger partial charge in [-0.15, -0.1) is 0 Å². The number of nitrogens with one attached hydrogen (secondary N) is 2. The Morgan fingerprint density at radius 1 is 1.12 bits per heavy atom. The summed E-state index contributed by atoms with van der Waals surface area (Å²) in [4.78, 5) is 12.4. The zero-order valence-electron chi connectivity index (χ0n) is 14.9. The van der Waals surface area contributed by atoms with Gasteiger partial charge in [-0.25, -0.2) is 0 Å². The Morgan fingerprint density at radius 2 is 1.76 bits per heavy atom. The van der Waals surface area contributed by atoms with Gasteiger partial charge in [-0.2, -0.15) is 0 Å². The Morgan fingerprint density at radius 3 is 2.32 bits per heavy atom. The van der Waals surface area contributed by atoms with Crippen LogP contribution >= 0.6 is 28.1 Å². The van der Waals surface area contributed by atoms with Gasteiger partial charge in [0.2, 0.25) is 0 Å². The van der Waals surface area contributed by atoms with Gasteiger partial charge in [0.05, 0.1) is 6.04 Å². The number of carbonyl (C=O) groups excluding carboxylic acids is 1. The molecule has 0 bridgehead atoms. The van der Waals surface area contributed by atoms with Gasteiger partial charge in [0, 0.05) is 10.0 Å². The number of hydrogen-bond donors (Lipinski definition) is 2. The molecule has 0 aliphatic carbocycles. The van der Waals surface area contributed by atoms with Crippen LogP contribution in [0.5, 0.6) is 0 Å². The third-order valence-corrected chi connectivity index (χ3v) is 4.79. The van der Waals surface area contributed by atoms with E-state index in [-0.39, 0.29) is 17.4 Å². The van der Waals surface area contributed by atoms with Crippen LogP contribution in [0, 0.1) is 0 Å². The van der Waals surface area contributed by atoms with Crippen LogP contribution in [0.4, 0.5) is 0 Å². The molecular weight excluding hydrogens is 396 g/mol. The van der Waals surface area contributed by atoms with Crippen molar-refractivity contribution in [2.45, 2.75) is 39.2 Å². The first-order chi connectivity index (χ1) is 11.7. The van der Waals surface area contributed by atoms with E-state index in [2.05, 4.69) is 47.3 Å². The molecule has 2 rings (SSSR count). The first-order valence-corrected chi connectivity index (χ1v) is 9.35. The van der Waals surface area contributed by atoms with Crippen LogP contribution in [-0.2, 0) is 5.41 Å². The first-order valence-electron chi connectivity index (χ1n) is 8.15. The molecule has 3 nitrogen and oxygen atoms in total. The third kappa shape index (κ3) is 5.38. The smallest absolute Gasteiger partial charge is 0.257 e. The second-order valence-electron chi connectivity index (χ2n) is 7.00. The lowest BCUT2D eigenvalue weighted by Gasteiger charge is -2.21. The van der Waals surface area contributed by atoms with Crippen molar-refractivity contribution in [3.8, 4) is 0 Å². The molecule has 0 saturated carbocycles. The number of carbonyl (C=O) groups is 1. The van der Waals surface area contributed by atoms with Crippen molar-refractivity contribution >= 4 is 39.2 Å². The average Bonchev–Trinajstić information content (AvgIpc) is 2.54. The predicted octanol–water partition coefficient (Wildman–Crippen LogP) is 5.11. The summed E-state index contributed by atoms with van der Waals surface area (Å²) in [7, 11) is 0. The molecule has 1 atom stereocenters. The maximum absolute atomic E-state index is 12.4. The zero-order chi connectivity index (χ0) is 18.6. The molecule has 0 radical (unpaired) electrons. The van der Waals surface area contributed by atoms with Gasteiger partial charge in [0.15, 0.2) is 5.11 Å². The molecule has 0 aliphatic heterocycles. The molecule has 0 heterocycles. The summed E-state index contributed by atoms with van der Waals surface area (Å²) in [5.74, 6) is -0.223. The summed E-state index contributed by atoms with van der Waals surface area (Å²) in [5.41, 5.74) is 2.84. The molecule has 5 heteroatoms. The van der Waals surface area contributed by atoms with E-state index in [4.69, 9.17) is 12.2 Å². The Labute approximate surface area is 163 Å². The minimum Gasteiger partial charge on any atom is -0.356 e. The van der Waals surface area contributed by atoms with Crippen molar-refractivity contribution in [2.24, 2.45) is 0 Å². The Kier molecular flexibility index (Phi) is 6.36. The molecule has 0 saturated heterocycles. The second kappa shape index (κ2) is 8.11. The fourth-order valence-electron chi connectivity index (χ4n) is 2.50. The van der Waals surface area contributed by atoms with Gasteiger partial charge in [-0.1, -0.05) is 73.1 Å². The standard InChI is InChI=1S/C20H23BrN2OS/c1-13(14-8-6-5-7-9-14)22-19(25)23-18(24)15-10-11-16(17(21)12-15)20(2,3)4/h5-13H,1-4H3,(H2,22,23,24,25). The number of amides is 1. The van der Waals surface area contributed by atoms with E-state index in [1.807, 2.05) is 55.5 Å². The highest BCUT2D eigenvalue weighted by Gasteiger charge is 2.19. The van der Waals surface area contributed by atoms with Gasteiger partial charge < -0.3 is 5.32 Å². The highest BCUT2D eigenvalue weighted by molar-refractivity contribution is 9.10. The van der Waals surface area contributed by atoms with Crippen molar-refractivity contribution in [1.82, 2.24) is 10.6 Å². The second-order valence-corrected chi connectivity index (χ2v) is 8.27. The van der Waals surface area contributed by atoms with Crippen LogP contribution < -0.4 is 10.6 Å². The van der Waals surface area contributed by atoms with E-state index in [0.29, 0.717) is 10.7 Å². The molecule has 0 aliphatic rings. The molecule has 25 heavy (non-hydrogen) atoms. The van der Waals surface area contributed by atoms with Crippen LogP contribution in [0.25, 0.3) is 0 Å². The summed E-state index contributed by atoms with van der Waals surface area (Å²) >= 11 is 8.83. The fraction of sp³-hybridized carbons (Fsp3) is 0.300. The molecule has 0 aromatic heterocycles. The minimum atomic E-state index is -0.223. The van der Waals surface area contributed by atoms with Gasteiger partial charge in [-0.3, -0.25) is 10.1 Å². The largest absolute Gasteiger partial charge is 0.356 e. The summed E-state index contributed by atoms with van der Waals surface area (Å²) in [6, 6.07) is 15.6. The van der Waals surface area contributed by atoms with Crippen molar-refractivity contribution in [3.63, 3.8) is 0 Å². The van der Waals surface area contributed by atoms with Crippen molar-refractivity contribution in [1.29, 1.82) is 0 Å². The maximum Gasteiger partial charge on any atom is 0.257 e. The summed E-state index contributed by atoms with van der Waals surface area (Å²) in [6.45, 7) is 8.41. The average molecular weight is 419 g/mol. The van der Waals surface area contributed by atoms with E-state index < -0.39 is 0 Å². The molecule has 0 spiro atoms. The van der Waals surface area contributed by atoms with Crippen LogP contribution in [0.3, 0.4) is 0 Å². The molecule has 2 N–H and O–H groups in total. The van der Waals surface area contributed by atoms with Gasteiger partial charge in [0.1, 0.15) is 0 Å². The van der Waals surface area contributed by atoms with E-state index in [1.54, 1.807) is 0 Å². The summed E-state index contributed by atoms with van der Waals surface area (Å²) < 4.78 is 0.921.